The fourth-order valence-electron chi connectivity index (χ4n) is 3.54. The van der Waals surface area contributed by atoms with Gasteiger partial charge < -0.3 is 14.8 Å². The van der Waals surface area contributed by atoms with Crippen molar-refractivity contribution in [3.8, 4) is 5.75 Å². The van der Waals surface area contributed by atoms with Crippen LogP contribution in [-0.2, 0) is 9.53 Å². The lowest BCUT2D eigenvalue weighted by Gasteiger charge is -2.34. The molecule has 2 aromatic carbocycles. The van der Waals surface area contributed by atoms with Crippen molar-refractivity contribution >= 4 is 33.5 Å². The summed E-state index contributed by atoms with van der Waals surface area (Å²) in [4.78, 5) is 19.4. The standard InChI is InChI=1S/C23H25N3O3S/c1-28-18-8-6-17(7-9-18)20(26-12-14-29-15-13-26)16-24-22(27)10-11-23-25-19-4-2-3-5-21(19)30-23/h2-11,20H,12-16H2,1H3,(H,24,27)/b11-10+. The average molecular weight is 424 g/mol. The Morgan fingerprint density at radius 2 is 2.00 bits per heavy atom. The summed E-state index contributed by atoms with van der Waals surface area (Å²) < 4.78 is 11.9. The molecule has 0 saturated carbocycles. The first kappa shape index (κ1) is 20.5. The summed E-state index contributed by atoms with van der Waals surface area (Å²) >= 11 is 1.57. The molecule has 4 rings (SSSR count). The molecule has 1 unspecified atom stereocenters. The highest BCUT2D eigenvalue weighted by Gasteiger charge is 2.23. The van der Waals surface area contributed by atoms with Crippen LogP contribution >= 0.6 is 11.3 Å². The zero-order chi connectivity index (χ0) is 20.8. The molecule has 1 aromatic heterocycles. The average Bonchev–Trinajstić information content (AvgIpc) is 3.22. The van der Waals surface area contributed by atoms with Gasteiger partial charge in [0.15, 0.2) is 0 Å². The number of carbonyl (C=O) groups is 1. The van der Waals surface area contributed by atoms with Crippen LogP contribution in [0.4, 0.5) is 0 Å². The molecule has 30 heavy (non-hydrogen) atoms. The van der Waals surface area contributed by atoms with Gasteiger partial charge in [0.25, 0.3) is 0 Å². The first-order chi connectivity index (χ1) is 14.7. The molecule has 6 nitrogen and oxygen atoms in total. The predicted molar refractivity (Wildman–Crippen MR) is 120 cm³/mol. The molecule has 0 aliphatic carbocycles. The molecule has 1 amide bonds. The molecule has 1 saturated heterocycles. The van der Waals surface area contributed by atoms with Gasteiger partial charge in [0.05, 0.1) is 36.6 Å². The van der Waals surface area contributed by atoms with Gasteiger partial charge in [-0.05, 0) is 35.9 Å². The van der Waals surface area contributed by atoms with Gasteiger partial charge in [-0.3, -0.25) is 9.69 Å². The summed E-state index contributed by atoms with van der Waals surface area (Å²) in [6, 6.07) is 16.1. The van der Waals surface area contributed by atoms with E-state index in [0.29, 0.717) is 19.8 Å². The number of amides is 1. The fraction of sp³-hybridized carbons (Fsp3) is 0.304. The van der Waals surface area contributed by atoms with Crippen molar-refractivity contribution in [3.63, 3.8) is 0 Å². The molecule has 3 aromatic rings. The van der Waals surface area contributed by atoms with E-state index in [9.17, 15) is 4.79 Å². The lowest BCUT2D eigenvalue weighted by atomic mass is 10.0. The zero-order valence-corrected chi connectivity index (χ0v) is 17.7. The number of methoxy groups -OCH3 is 1. The van der Waals surface area contributed by atoms with Crippen LogP contribution in [0.15, 0.2) is 54.6 Å². The molecule has 7 heteroatoms. The summed E-state index contributed by atoms with van der Waals surface area (Å²) in [6.07, 6.45) is 3.33. The third-order valence-corrected chi connectivity index (χ3v) is 6.15. The number of rotatable bonds is 7. The third-order valence-electron chi connectivity index (χ3n) is 5.14. The summed E-state index contributed by atoms with van der Waals surface area (Å²) in [7, 11) is 1.66. The Balaban J connectivity index is 1.42. The molecular formula is C23H25N3O3S. The van der Waals surface area contributed by atoms with E-state index in [1.165, 1.54) is 0 Å². The highest BCUT2D eigenvalue weighted by Crippen LogP contribution is 2.24. The largest absolute Gasteiger partial charge is 0.497 e. The number of para-hydroxylation sites is 1. The van der Waals surface area contributed by atoms with Crippen LogP contribution in [0.1, 0.15) is 16.6 Å². The number of nitrogens with one attached hydrogen (secondary N) is 1. The molecule has 2 heterocycles. The van der Waals surface area contributed by atoms with Crippen molar-refractivity contribution in [1.29, 1.82) is 0 Å². The lowest BCUT2D eigenvalue weighted by molar-refractivity contribution is -0.116. The molecule has 1 N–H and O–H groups in total. The van der Waals surface area contributed by atoms with Gasteiger partial charge in [0.2, 0.25) is 5.91 Å². The minimum atomic E-state index is -0.124. The molecule has 1 aliphatic heterocycles. The van der Waals surface area contributed by atoms with Crippen molar-refractivity contribution in [3.05, 3.63) is 65.2 Å². The van der Waals surface area contributed by atoms with Crippen molar-refractivity contribution in [1.82, 2.24) is 15.2 Å². The van der Waals surface area contributed by atoms with Gasteiger partial charge in [-0.2, -0.15) is 0 Å². The highest BCUT2D eigenvalue weighted by atomic mass is 32.1. The first-order valence-electron chi connectivity index (χ1n) is 10.00. The van der Waals surface area contributed by atoms with Crippen LogP contribution in [0.25, 0.3) is 16.3 Å². The van der Waals surface area contributed by atoms with Crippen LogP contribution < -0.4 is 10.1 Å². The van der Waals surface area contributed by atoms with Gasteiger partial charge in [-0.1, -0.05) is 24.3 Å². The minimum Gasteiger partial charge on any atom is -0.497 e. The molecule has 0 radical (unpaired) electrons. The fourth-order valence-corrected chi connectivity index (χ4v) is 4.41. The van der Waals surface area contributed by atoms with E-state index in [4.69, 9.17) is 9.47 Å². The van der Waals surface area contributed by atoms with Gasteiger partial charge >= 0.3 is 0 Å². The number of hydrogen-bond donors (Lipinski definition) is 1. The van der Waals surface area contributed by atoms with Crippen LogP contribution in [0.3, 0.4) is 0 Å². The Morgan fingerprint density at radius 1 is 1.23 bits per heavy atom. The lowest BCUT2D eigenvalue weighted by Crippen LogP contribution is -2.43. The third kappa shape index (κ3) is 5.05. The summed E-state index contributed by atoms with van der Waals surface area (Å²) in [6.45, 7) is 3.62. The molecule has 156 valence electrons. The van der Waals surface area contributed by atoms with E-state index < -0.39 is 0 Å². The molecule has 1 fully saturated rings. The number of carbonyl (C=O) groups excluding carboxylic acids is 1. The van der Waals surface area contributed by atoms with E-state index >= 15 is 0 Å². The summed E-state index contributed by atoms with van der Waals surface area (Å²) in [5.41, 5.74) is 2.10. The Bertz CT molecular complexity index is 977. The van der Waals surface area contributed by atoms with Crippen molar-refractivity contribution in [2.24, 2.45) is 0 Å². The maximum Gasteiger partial charge on any atom is 0.244 e. The number of benzene rings is 2. The minimum absolute atomic E-state index is 0.0830. The monoisotopic (exact) mass is 423 g/mol. The predicted octanol–water partition coefficient (Wildman–Crippen LogP) is 3.51. The Morgan fingerprint density at radius 3 is 2.73 bits per heavy atom. The number of nitrogens with zero attached hydrogens (tertiary/aromatic N) is 2. The number of ether oxygens (including phenoxy) is 2. The maximum absolute atomic E-state index is 12.5. The second-order valence-corrected chi connectivity index (χ2v) is 8.10. The second kappa shape index (κ2) is 9.84. The molecule has 0 bridgehead atoms. The summed E-state index contributed by atoms with van der Waals surface area (Å²) in [5, 5.41) is 3.87. The zero-order valence-electron chi connectivity index (χ0n) is 16.9. The number of aromatic nitrogens is 1. The van der Waals surface area contributed by atoms with Gasteiger partial charge in [0.1, 0.15) is 10.8 Å². The number of hydrogen-bond acceptors (Lipinski definition) is 6. The van der Waals surface area contributed by atoms with E-state index in [2.05, 4.69) is 27.3 Å². The van der Waals surface area contributed by atoms with Crippen LogP contribution in [0.2, 0.25) is 0 Å². The SMILES string of the molecule is COc1ccc(C(CNC(=O)/C=C/c2nc3ccccc3s2)N2CCOCC2)cc1. The van der Waals surface area contributed by atoms with E-state index in [1.54, 1.807) is 30.6 Å². The highest BCUT2D eigenvalue weighted by molar-refractivity contribution is 7.19. The number of thiazole rings is 1. The maximum atomic E-state index is 12.5. The van der Waals surface area contributed by atoms with Crippen LogP contribution in [0, 0.1) is 0 Å². The second-order valence-electron chi connectivity index (χ2n) is 7.04. The molecule has 0 spiro atoms. The van der Waals surface area contributed by atoms with E-state index in [-0.39, 0.29) is 11.9 Å². The van der Waals surface area contributed by atoms with Crippen molar-refractivity contribution in [2.45, 2.75) is 6.04 Å². The number of morpholine rings is 1. The molecular weight excluding hydrogens is 398 g/mol. The van der Waals surface area contributed by atoms with Crippen molar-refractivity contribution in [2.75, 3.05) is 40.0 Å². The van der Waals surface area contributed by atoms with Gasteiger partial charge in [-0.25, -0.2) is 4.98 Å². The van der Waals surface area contributed by atoms with E-state index in [1.807, 2.05) is 36.4 Å². The smallest absolute Gasteiger partial charge is 0.244 e. The Labute approximate surface area is 180 Å². The van der Waals surface area contributed by atoms with Crippen LogP contribution in [0.5, 0.6) is 5.75 Å². The quantitative estimate of drug-likeness (QED) is 0.589. The topological polar surface area (TPSA) is 63.7 Å². The molecule has 1 aliphatic rings. The van der Waals surface area contributed by atoms with Gasteiger partial charge in [0, 0.05) is 25.7 Å². The van der Waals surface area contributed by atoms with Crippen molar-refractivity contribution < 1.29 is 14.3 Å². The van der Waals surface area contributed by atoms with E-state index in [0.717, 1.165) is 39.6 Å². The van der Waals surface area contributed by atoms with Crippen LogP contribution in [-0.4, -0.2) is 55.7 Å². The van der Waals surface area contributed by atoms with Gasteiger partial charge in [-0.15, -0.1) is 11.3 Å². The number of fused-ring (bicyclic) bond motifs is 1. The Kier molecular flexibility index (Phi) is 6.74. The normalized spacial score (nSPS) is 16.0. The summed E-state index contributed by atoms with van der Waals surface area (Å²) in [5.74, 6) is 0.698. The Hall–Kier alpha value is -2.74. The molecule has 1 atom stereocenters. The first-order valence-corrected chi connectivity index (χ1v) is 10.8.